The van der Waals surface area contributed by atoms with Gasteiger partial charge in [0.15, 0.2) is 5.69 Å². The highest BCUT2D eigenvalue weighted by Gasteiger charge is 2.17. The fraction of sp³-hybridized carbons (Fsp3) is 0.0870. The summed E-state index contributed by atoms with van der Waals surface area (Å²) in [4.78, 5) is 17.0. The van der Waals surface area contributed by atoms with Gasteiger partial charge in [0.05, 0.1) is 11.4 Å². The van der Waals surface area contributed by atoms with Crippen LogP contribution in [-0.4, -0.2) is 20.7 Å². The average Bonchev–Trinajstić information content (AvgIpc) is 3.18. The molecule has 0 atom stereocenters. The first-order chi connectivity index (χ1) is 13.6. The van der Waals surface area contributed by atoms with E-state index in [0.29, 0.717) is 5.69 Å². The normalized spacial score (nSPS) is 10.6. The molecule has 0 saturated carbocycles. The van der Waals surface area contributed by atoms with Crippen molar-refractivity contribution in [3.8, 4) is 16.9 Å². The number of nitrogens with one attached hydrogen (secondary N) is 1. The zero-order chi connectivity index (χ0) is 19.5. The van der Waals surface area contributed by atoms with Gasteiger partial charge in [0.2, 0.25) is 0 Å². The molecule has 0 aliphatic rings. The number of hydrogen-bond donors (Lipinski definition) is 1. The van der Waals surface area contributed by atoms with Crippen LogP contribution in [0.3, 0.4) is 0 Å². The lowest BCUT2D eigenvalue weighted by atomic mass is 10.1. The molecule has 0 spiro atoms. The molecule has 0 aliphatic carbocycles. The molecule has 0 aliphatic heterocycles. The molecule has 2 aromatic carbocycles. The third-order valence-electron chi connectivity index (χ3n) is 4.56. The minimum atomic E-state index is -0.237. The Bertz CT molecular complexity index is 1060. The molecule has 138 valence electrons. The third kappa shape index (κ3) is 3.55. The van der Waals surface area contributed by atoms with Crippen LogP contribution in [-0.2, 0) is 0 Å². The van der Waals surface area contributed by atoms with Crippen LogP contribution in [0.15, 0.2) is 79.1 Å². The summed E-state index contributed by atoms with van der Waals surface area (Å²) in [6.07, 6.45) is 3.46. The van der Waals surface area contributed by atoms with Crippen molar-refractivity contribution in [2.75, 3.05) is 5.32 Å². The molecular weight excluding hydrogens is 348 g/mol. The van der Waals surface area contributed by atoms with E-state index in [9.17, 15) is 4.79 Å². The van der Waals surface area contributed by atoms with Crippen molar-refractivity contribution in [2.24, 2.45) is 0 Å². The van der Waals surface area contributed by atoms with E-state index in [2.05, 4.69) is 15.4 Å². The molecule has 2 heterocycles. The lowest BCUT2D eigenvalue weighted by Gasteiger charge is -2.08. The number of pyridine rings is 1. The second-order valence-electron chi connectivity index (χ2n) is 6.67. The van der Waals surface area contributed by atoms with Crippen LogP contribution in [0.2, 0.25) is 0 Å². The van der Waals surface area contributed by atoms with Crippen LogP contribution in [0.5, 0.6) is 0 Å². The number of amides is 1. The maximum Gasteiger partial charge on any atom is 0.276 e. The van der Waals surface area contributed by atoms with Gasteiger partial charge in [-0.3, -0.25) is 9.78 Å². The first kappa shape index (κ1) is 17.7. The number of aromatic nitrogens is 3. The molecule has 0 radical (unpaired) electrons. The Morgan fingerprint density at radius 3 is 2.43 bits per heavy atom. The standard InChI is InChI=1S/C23H20N4O/c1-16-8-9-17(2)20(14-16)25-23(28)21-15-22(18-10-12-24-13-11-18)27(26-21)19-6-4-3-5-7-19/h3-15H,1-2H3,(H,25,28). The van der Waals surface area contributed by atoms with Crippen molar-refractivity contribution in [1.29, 1.82) is 0 Å². The molecule has 0 saturated heterocycles. The second kappa shape index (κ2) is 7.48. The molecule has 0 unspecified atom stereocenters. The predicted molar refractivity (Wildman–Crippen MR) is 111 cm³/mol. The summed E-state index contributed by atoms with van der Waals surface area (Å²) in [5.74, 6) is -0.237. The van der Waals surface area contributed by atoms with Gasteiger partial charge in [-0.15, -0.1) is 0 Å². The number of carbonyl (C=O) groups excluding carboxylic acids is 1. The Morgan fingerprint density at radius 1 is 0.929 bits per heavy atom. The van der Waals surface area contributed by atoms with Gasteiger partial charge in [0, 0.05) is 23.6 Å². The van der Waals surface area contributed by atoms with Crippen molar-refractivity contribution in [1.82, 2.24) is 14.8 Å². The van der Waals surface area contributed by atoms with Gasteiger partial charge in [0.1, 0.15) is 0 Å². The maximum absolute atomic E-state index is 12.9. The van der Waals surface area contributed by atoms with Crippen molar-refractivity contribution in [3.05, 3.63) is 95.9 Å². The maximum atomic E-state index is 12.9. The number of carbonyl (C=O) groups is 1. The minimum Gasteiger partial charge on any atom is -0.320 e. The van der Waals surface area contributed by atoms with Crippen molar-refractivity contribution in [2.45, 2.75) is 13.8 Å². The van der Waals surface area contributed by atoms with Crippen LogP contribution in [0.4, 0.5) is 5.69 Å². The van der Waals surface area contributed by atoms with Crippen molar-refractivity contribution < 1.29 is 4.79 Å². The number of aryl methyl sites for hydroxylation is 2. The molecule has 0 fully saturated rings. The number of nitrogens with zero attached hydrogens (tertiary/aromatic N) is 3. The quantitative estimate of drug-likeness (QED) is 0.563. The summed E-state index contributed by atoms with van der Waals surface area (Å²) < 4.78 is 1.79. The van der Waals surface area contributed by atoms with E-state index in [1.165, 1.54) is 0 Å². The average molecular weight is 368 g/mol. The highest BCUT2D eigenvalue weighted by atomic mass is 16.2. The minimum absolute atomic E-state index is 0.237. The van der Waals surface area contributed by atoms with Gasteiger partial charge in [-0.05, 0) is 61.4 Å². The molecule has 2 aromatic heterocycles. The Morgan fingerprint density at radius 2 is 1.68 bits per heavy atom. The lowest BCUT2D eigenvalue weighted by molar-refractivity contribution is 0.102. The van der Waals surface area contributed by atoms with Crippen LogP contribution in [0.25, 0.3) is 16.9 Å². The summed E-state index contributed by atoms with van der Waals surface area (Å²) >= 11 is 0. The largest absolute Gasteiger partial charge is 0.320 e. The lowest BCUT2D eigenvalue weighted by Crippen LogP contribution is -2.14. The molecule has 4 aromatic rings. The van der Waals surface area contributed by atoms with E-state index in [4.69, 9.17) is 0 Å². The molecule has 5 heteroatoms. The Labute approximate surface area is 163 Å². The number of rotatable bonds is 4. The van der Waals surface area contributed by atoms with Crippen molar-refractivity contribution in [3.63, 3.8) is 0 Å². The van der Waals surface area contributed by atoms with Crippen LogP contribution in [0.1, 0.15) is 21.6 Å². The van der Waals surface area contributed by atoms with Crippen molar-refractivity contribution >= 4 is 11.6 Å². The first-order valence-corrected chi connectivity index (χ1v) is 9.06. The smallest absolute Gasteiger partial charge is 0.276 e. The third-order valence-corrected chi connectivity index (χ3v) is 4.56. The summed E-state index contributed by atoms with van der Waals surface area (Å²) in [6.45, 7) is 3.97. The number of anilines is 1. The van der Waals surface area contributed by atoms with E-state index in [1.807, 2.05) is 80.6 Å². The number of para-hydroxylation sites is 1. The predicted octanol–water partition coefficient (Wildman–Crippen LogP) is 4.80. The Kier molecular flexibility index (Phi) is 4.72. The van der Waals surface area contributed by atoms with Crippen LogP contribution >= 0.6 is 0 Å². The zero-order valence-electron chi connectivity index (χ0n) is 15.8. The highest BCUT2D eigenvalue weighted by Crippen LogP contribution is 2.24. The molecule has 5 nitrogen and oxygen atoms in total. The Balaban J connectivity index is 1.75. The van der Waals surface area contributed by atoms with Crippen LogP contribution in [0, 0.1) is 13.8 Å². The summed E-state index contributed by atoms with van der Waals surface area (Å²) in [5, 5.41) is 7.57. The molecule has 1 N–H and O–H groups in total. The molecule has 1 amide bonds. The highest BCUT2D eigenvalue weighted by molar-refractivity contribution is 6.04. The van der Waals surface area contributed by atoms with Gasteiger partial charge in [-0.25, -0.2) is 4.68 Å². The zero-order valence-corrected chi connectivity index (χ0v) is 15.8. The monoisotopic (exact) mass is 368 g/mol. The van der Waals surface area contributed by atoms with Gasteiger partial charge in [-0.2, -0.15) is 5.10 Å². The van der Waals surface area contributed by atoms with E-state index in [-0.39, 0.29) is 5.91 Å². The van der Waals surface area contributed by atoms with Gasteiger partial charge in [0.25, 0.3) is 5.91 Å². The topological polar surface area (TPSA) is 59.8 Å². The van der Waals surface area contributed by atoms with E-state index < -0.39 is 0 Å². The second-order valence-corrected chi connectivity index (χ2v) is 6.67. The molecule has 0 bridgehead atoms. The SMILES string of the molecule is Cc1ccc(C)c(NC(=O)c2cc(-c3ccncc3)n(-c3ccccc3)n2)c1. The molecule has 28 heavy (non-hydrogen) atoms. The van der Waals surface area contributed by atoms with E-state index in [0.717, 1.165) is 33.8 Å². The summed E-state index contributed by atoms with van der Waals surface area (Å²) in [7, 11) is 0. The number of benzene rings is 2. The van der Waals surface area contributed by atoms with Crippen LogP contribution < -0.4 is 5.32 Å². The number of hydrogen-bond acceptors (Lipinski definition) is 3. The van der Waals surface area contributed by atoms with Gasteiger partial charge < -0.3 is 5.32 Å². The fourth-order valence-corrected chi connectivity index (χ4v) is 3.04. The summed E-state index contributed by atoms with van der Waals surface area (Å²) in [5.41, 5.74) is 5.92. The molecule has 4 rings (SSSR count). The Hall–Kier alpha value is -3.73. The van der Waals surface area contributed by atoms with Gasteiger partial charge >= 0.3 is 0 Å². The van der Waals surface area contributed by atoms with E-state index in [1.54, 1.807) is 17.1 Å². The molecular formula is C23H20N4O. The van der Waals surface area contributed by atoms with E-state index >= 15 is 0 Å². The summed E-state index contributed by atoms with van der Waals surface area (Å²) in [6, 6.07) is 21.4. The van der Waals surface area contributed by atoms with Gasteiger partial charge in [-0.1, -0.05) is 30.3 Å². The first-order valence-electron chi connectivity index (χ1n) is 9.06. The fourth-order valence-electron chi connectivity index (χ4n) is 3.04.